The van der Waals surface area contributed by atoms with Crippen LogP contribution in [-0.4, -0.2) is 29.3 Å². The molecule has 0 aromatic heterocycles. The fraction of sp³-hybridized carbons (Fsp3) is 0.375. The quantitative estimate of drug-likeness (QED) is 0.297. The van der Waals surface area contributed by atoms with Gasteiger partial charge in [-0.15, -0.1) is 0 Å². The van der Waals surface area contributed by atoms with Crippen molar-refractivity contribution in [2.45, 2.75) is 20.3 Å². The molecule has 0 atom stereocenters. The first-order valence-electron chi connectivity index (χ1n) is 7.96. The van der Waals surface area contributed by atoms with E-state index in [1.165, 1.54) is 18.2 Å². The molecule has 0 unspecified atom stereocenters. The molecule has 26 heavy (non-hydrogen) atoms. The van der Waals surface area contributed by atoms with Gasteiger partial charge in [0.1, 0.15) is 0 Å². The molecule has 0 bridgehead atoms. The van der Waals surface area contributed by atoms with Gasteiger partial charge >= 0.3 is 0 Å². The average molecular weight is 380 g/mol. The number of carbonyl (C=O) groups excluding carboxylic acids is 1. The summed E-state index contributed by atoms with van der Waals surface area (Å²) in [6.07, 6.45) is 3.43. The third-order valence-electron chi connectivity index (χ3n) is 3.44. The molecule has 1 aliphatic rings. The van der Waals surface area contributed by atoms with Gasteiger partial charge in [0.2, 0.25) is 6.79 Å². The zero-order valence-electron chi connectivity index (χ0n) is 14.4. The molecule has 1 aromatic carbocycles. The molecular weight excluding hydrogens is 360 g/mol. The first-order chi connectivity index (χ1) is 12.4. The molecule has 3 N–H and O–H groups in total. The number of ether oxygens (including phenoxy) is 2. The third kappa shape index (κ3) is 5.59. The molecule has 0 saturated heterocycles. The number of benzene rings is 1. The molecule has 1 aliphatic heterocycles. The van der Waals surface area contributed by atoms with Crippen LogP contribution in [0.1, 0.15) is 25.8 Å². The molecule has 140 valence electrons. The summed E-state index contributed by atoms with van der Waals surface area (Å²) in [6, 6.07) is 2.72. The van der Waals surface area contributed by atoms with Gasteiger partial charge in [0.15, 0.2) is 16.6 Å². The van der Waals surface area contributed by atoms with Crippen LogP contribution in [0.25, 0.3) is 6.08 Å². The Kier molecular flexibility index (Phi) is 6.73. The number of nitro groups is 1. The van der Waals surface area contributed by atoms with Crippen LogP contribution in [0, 0.1) is 16.0 Å². The van der Waals surface area contributed by atoms with E-state index in [0.717, 1.165) is 12.5 Å². The Labute approximate surface area is 155 Å². The van der Waals surface area contributed by atoms with Gasteiger partial charge in [-0.3, -0.25) is 25.8 Å². The van der Waals surface area contributed by atoms with Crippen LogP contribution < -0.4 is 25.6 Å². The van der Waals surface area contributed by atoms with Crippen molar-refractivity contribution in [2.75, 3.05) is 13.3 Å². The van der Waals surface area contributed by atoms with Gasteiger partial charge in [-0.05, 0) is 36.7 Å². The monoisotopic (exact) mass is 380 g/mol. The van der Waals surface area contributed by atoms with E-state index < -0.39 is 10.8 Å². The minimum Gasteiger partial charge on any atom is -0.454 e. The van der Waals surface area contributed by atoms with Crippen LogP contribution in [0.15, 0.2) is 18.2 Å². The number of rotatable bonds is 6. The van der Waals surface area contributed by atoms with Crippen LogP contribution in [0.5, 0.6) is 11.5 Å². The Balaban J connectivity index is 1.92. The molecule has 2 rings (SSSR count). The molecule has 10 heteroatoms. The predicted octanol–water partition coefficient (Wildman–Crippen LogP) is 1.88. The Morgan fingerprint density at radius 1 is 1.35 bits per heavy atom. The highest BCUT2D eigenvalue weighted by molar-refractivity contribution is 7.80. The number of hydrazine groups is 1. The first-order valence-corrected chi connectivity index (χ1v) is 8.37. The van der Waals surface area contributed by atoms with Crippen molar-refractivity contribution in [3.8, 4) is 11.5 Å². The van der Waals surface area contributed by atoms with Crippen LogP contribution in [0.2, 0.25) is 0 Å². The van der Waals surface area contributed by atoms with Crippen molar-refractivity contribution in [2.24, 2.45) is 5.92 Å². The highest BCUT2D eigenvalue weighted by Gasteiger charge is 2.22. The van der Waals surface area contributed by atoms with Gasteiger partial charge in [-0.2, -0.15) is 0 Å². The second-order valence-corrected chi connectivity index (χ2v) is 6.32. The van der Waals surface area contributed by atoms with Gasteiger partial charge in [-0.25, -0.2) is 0 Å². The second-order valence-electron chi connectivity index (χ2n) is 5.91. The SMILES string of the molecule is CC(C)CCNC(=S)NNC(=O)/C=C/c1cc2c(cc1[N+](=O)[O-])OCO2. The van der Waals surface area contributed by atoms with Crippen molar-refractivity contribution >= 4 is 35.0 Å². The van der Waals surface area contributed by atoms with E-state index in [-0.39, 0.29) is 18.0 Å². The zero-order valence-corrected chi connectivity index (χ0v) is 15.2. The van der Waals surface area contributed by atoms with Crippen molar-refractivity contribution in [1.82, 2.24) is 16.2 Å². The number of hydrogen-bond acceptors (Lipinski definition) is 6. The minimum absolute atomic E-state index is 0.00527. The van der Waals surface area contributed by atoms with Crippen molar-refractivity contribution in [3.63, 3.8) is 0 Å². The Hall–Kier alpha value is -2.88. The molecule has 0 saturated carbocycles. The van der Waals surface area contributed by atoms with E-state index >= 15 is 0 Å². The van der Waals surface area contributed by atoms with E-state index in [2.05, 4.69) is 30.0 Å². The summed E-state index contributed by atoms with van der Waals surface area (Å²) in [7, 11) is 0. The Morgan fingerprint density at radius 3 is 2.69 bits per heavy atom. The number of nitrogens with zero attached hydrogens (tertiary/aromatic N) is 1. The molecular formula is C16H20N4O5S. The highest BCUT2D eigenvalue weighted by Crippen LogP contribution is 2.38. The van der Waals surface area contributed by atoms with Crippen molar-refractivity contribution in [1.29, 1.82) is 0 Å². The molecule has 1 heterocycles. The second kappa shape index (κ2) is 8.99. The summed E-state index contributed by atoms with van der Waals surface area (Å²) in [5, 5.41) is 14.4. The van der Waals surface area contributed by atoms with Gasteiger partial charge in [-0.1, -0.05) is 13.8 Å². The summed E-state index contributed by atoms with van der Waals surface area (Å²) in [6.45, 7) is 4.89. The average Bonchev–Trinajstić information content (AvgIpc) is 3.04. The molecule has 0 spiro atoms. The van der Waals surface area contributed by atoms with Gasteiger partial charge < -0.3 is 14.8 Å². The third-order valence-corrected chi connectivity index (χ3v) is 3.69. The first kappa shape index (κ1) is 19.4. The molecule has 9 nitrogen and oxygen atoms in total. The van der Waals surface area contributed by atoms with E-state index in [1.807, 2.05) is 0 Å². The lowest BCUT2D eigenvalue weighted by molar-refractivity contribution is -0.385. The fourth-order valence-electron chi connectivity index (χ4n) is 2.08. The Morgan fingerprint density at radius 2 is 2.04 bits per heavy atom. The Bertz CT molecular complexity index is 736. The smallest absolute Gasteiger partial charge is 0.280 e. The van der Waals surface area contributed by atoms with E-state index in [0.29, 0.717) is 29.1 Å². The topological polar surface area (TPSA) is 115 Å². The number of amides is 1. The number of thiocarbonyl (C=S) groups is 1. The predicted molar refractivity (Wildman–Crippen MR) is 99.6 cm³/mol. The van der Waals surface area contributed by atoms with Crippen molar-refractivity contribution < 1.29 is 19.2 Å². The zero-order chi connectivity index (χ0) is 19.1. The van der Waals surface area contributed by atoms with E-state index in [1.54, 1.807) is 0 Å². The van der Waals surface area contributed by atoms with Gasteiger partial charge in [0.25, 0.3) is 11.6 Å². The molecule has 1 amide bonds. The maximum absolute atomic E-state index is 11.8. The summed E-state index contributed by atoms with van der Waals surface area (Å²) < 4.78 is 10.3. The summed E-state index contributed by atoms with van der Waals surface area (Å²) in [4.78, 5) is 22.5. The van der Waals surface area contributed by atoms with Crippen LogP contribution in [0.4, 0.5) is 5.69 Å². The van der Waals surface area contributed by atoms with Crippen LogP contribution in [0.3, 0.4) is 0 Å². The van der Waals surface area contributed by atoms with Crippen LogP contribution in [-0.2, 0) is 4.79 Å². The maximum Gasteiger partial charge on any atom is 0.280 e. The molecule has 0 radical (unpaired) electrons. The number of hydrogen-bond donors (Lipinski definition) is 3. The molecule has 1 aromatic rings. The lowest BCUT2D eigenvalue weighted by Gasteiger charge is -2.11. The van der Waals surface area contributed by atoms with Gasteiger partial charge in [0.05, 0.1) is 16.6 Å². The minimum atomic E-state index is -0.550. The van der Waals surface area contributed by atoms with E-state index in [4.69, 9.17) is 21.7 Å². The van der Waals surface area contributed by atoms with Crippen LogP contribution >= 0.6 is 12.2 Å². The van der Waals surface area contributed by atoms with E-state index in [9.17, 15) is 14.9 Å². The molecule has 0 fully saturated rings. The normalized spacial score (nSPS) is 12.3. The number of nitrogens with one attached hydrogen (secondary N) is 3. The number of fused-ring (bicyclic) bond motifs is 1. The fourth-order valence-corrected chi connectivity index (χ4v) is 2.24. The lowest BCUT2D eigenvalue weighted by atomic mass is 10.1. The molecule has 0 aliphatic carbocycles. The van der Waals surface area contributed by atoms with Gasteiger partial charge in [0, 0.05) is 12.6 Å². The summed E-state index contributed by atoms with van der Waals surface area (Å²) in [5.41, 5.74) is 4.99. The standard InChI is InChI=1S/C16H20N4O5S/c1-10(2)5-6-17-16(26)19-18-15(21)4-3-11-7-13-14(25-9-24-13)8-12(11)20(22)23/h3-4,7-8,10H,5-6,9H2,1-2H3,(H,18,21)(H2,17,19,26)/b4-3+. The number of nitro benzene ring substituents is 1. The number of carbonyl (C=O) groups is 1. The van der Waals surface area contributed by atoms with Crippen molar-refractivity contribution in [3.05, 3.63) is 33.9 Å². The summed E-state index contributed by atoms with van der Waals surface area (Å²) >= 11 is 5.03. The maximum atomic E-state index is 11.8. The largest absolute Gasteiger partial charge is 0.454 e. The lowest BCUT2D eigenvalue weighted by Crippen LogP contribution is -2.46. The summed E-state index contributed by atoms with van der Waals surface area (Å²) in [5.74, 6) is 0.729. The highest BCUT2D eigenvalue weighted by atomic mass is 32.1.